The lowest BCUT2D eigenvalue weighted by Crippen LogP contribution is -2.22. The molecule has 1 aromatic heterocycles. The highest BCUT2D eigenvalue weighted by Gasteiger charge is 2.17. The summed E-state index contributed by atoms with van der Waals surface area (Å²) in [5.41, 5.74) is 1.39. The third kappa shape index (κ3) is 4.45. The number of unbranched alkanes of at least 4 members (excludes halogenated alkanes) is 2. The molecule has 0 aliphatic carbocycles. The predicted octanol–water partition coefficient (Wildman–Crippen LogP) is 6.08. The molecule has 0 saturated heterocycles. The molecule has 2 aromatic rings. The maximum absolute atomic E-state index is 4.65. The third-order valence-electron chi connectivity index (χ3n) is 3.52. The van der Waals surface area contributed by atoms with Gasteiger partial charge in [0.15, 0.2) is 5.13 Å². The quantitative estimate of drug-likeness (QED) is 0.609. The number of thiazole rings is 1. The molecule has 0 saturated carbocycles. The van der Waals surface area contributed by atoms with Crippen molar-refractivity contribution in [1.82, 2.24) is 4.98 Å². The minimum Gasteiger partial charge on any atom is -0.361 e. The molecule has 0 spiro atoms. The summed E-state index contributed by atoms with van der Waals surface area (Å²) in [6.07, 6.45) is 5.21. The molecule has 0 fully saturated rings. The van der Waals surface area contributed by atoms with Gasteiger partial charge in [-0.15, -0.1) is 0 Å². The monoisotopic (exact) mass is 354 g/mol. The zero-order valence-electron chi connectivity index (χ0n) is 12.5. The molecule has 20 heavy (non-hydrogen) atoms. The molecule has 2 rings (SSSR count). The van der Waals surface area contributed by atoms with Crippen molar-refractivity contribution >= 4 is 42.6 Å². The standard InChI is InChI=1S/C16H23BrN2S/c1-4-5-6-9-16(2,3)11-18-15-19-13-10-12(17)7-8-14(13)20-15/h7-8,10H,4-6,9,11H2,1-3H3,(H,18,19). The Morgan fingerprint density at radius 3 is 2.85 bits per heavy atom. The SMILES string of the molecule is CCCCCC(C)(C)CNc1nc2cc(Br)ccc2s1. The number of nitrogens with zero attached hydrogens (tertiary/aromatic N) is 1. The van der Waals surface area contributed by atoms with Gasteiger partial charge in [0.1, 0.15) is 0 Å². The smallest absolute Gasteiger partial charge is 0.183 e. The number of nitrogens with one attached hydrogen (secondary N) is 1. The number of rotatable bonds is 7. The largest absolute Gasteiger partial charge is 0.361 e. The third-order valence-corrected chi connectivity index (χ3v) is 5.01. The van der Waals surface area contributed by atoms with E-state index >= 15 is 0 Å². The van der Waals surface area contributed by atoms with Crippen LogP contribution >= 0.6 is 27.3 Å². The van der Waals surface area contributed by atoms with E-state index in [-0.39, 0.29) is 0 Å². The van der Waals surface area contributed by atoms with Crippen LogP contribution in [-0.2, 0) is 0 Å². The Kier molecular flexibility index (Phi) is 5.44. The maximum Gasteiger partial charge on any atom is 0.183 e. The van der Waals surface area contributed by atoms with E-state index in [1.165, 1.54) is 30.4 Å². The van der Waals surface area contributed by atoms with E-state index in [1.807, 2.05) is 0 Å². The van der Waals surface area contributed by atoms with Gasteiger partial charge in [0.25, 0.3) is 0 Å². The van der Waals surface area contributed by atoms with Crippen molar-refractivity contribution in [3.63, 3.8) is 0 Å². The molecule has 1 heterocycles. The highest BCUT2D eigenvalue weighted by Crippen LogP contribution is 2.30. The average molecular weight is 355 g/mol. The first-order valence-corrected chi connectivity index (χ1v) is 8.91. The fourth-order valence-corrected chi connectivity index (χ4v) is 3.42. The normalized spacial score (nSPS) is 12.0. The van der Waals surface area contributed by atoms with Crippen molar-refractivity contribution in [2.75, 3.05) is 11.9 Å². The molecule has 4 heteroatoms. The molecular weight excluding hydrogens is 332 g/mol. The Hall–Kier alpha value is -0.610. The second-order valence-corrected chi connectivity index (χ2v) is 8.05. The van der Waals surface area contributed by atoms with Gasteiger partial charge in [0, 0.05) is 11.0 Å². The fourth-order valence-electron chi connectivity index (χ4n) is 2.23. The Balaban J connectivity index is 1.94. The highest BCUT2D eigenvalue weighted by molar-refractivity contribution is 9.10. The summed E-state index contributed by atoms with van der Waals surface area (Å²) in [5, 5.41) is 4.54. The van der Waals surface area contributed by atoms with E-state index in [0.717, 1.165) is 21.7 Å². The number of benzene rings is 1. The van der Waals surface area contributed by atoms with Crippen LogP contribution in [0.3, 0.4) is 0 Å². The van der Waals surface area contributed by atoms with Gasteiger partial charge in [-0.2, -0.15) is 0 Å². The van der Waals surface area contributed by atoms with Crippen LogP contribution in [0.1, 0.15) is 46.5 Å². The number of anilines is 1. The van der Waals surface area contributed by atoms with Crippen LogP contribution in [0.4, 0.5) is 5.13 Å². The van der Waals surface area contributed by atoms with Gasteiger partial charge in [-0.1, -0.05) is 67.3 Å². The maximum atomic E-state index is 4.65. The number of hydrogen-bond acceptors (Lipinski definition) is 3. The van der Waals surface area contributed by atoms with E-state index < -0.39 is 0 Å². The summed E-state index contributed by atoms with van der Waals surface area (Å²) in [5.74, 6) is 0. The Bertz CT molecular complexity index is 563. The van der Waals surface area contributed by atoms with Crippen molar-refractivity contribution in [3.8, 4) is 0 Å². The summed E-state index contributed by atoms with van der Waals surface area (Å²) in [7, 11) is 0. The Morgan fingerprint density at radius 1 is 1.30 bits per heavy atom. The number of hydrogen-bond donors (Lipinski definition) is 1. The van der Waals surface area contributed by atoms with Crippen LogP contribution in [0.25, 0.3) is 10.2 Å². The van der Waals surface area contributed by atoms with Crippen molar-refractivity contribution in [1.29, 1.82) is 0 Å². The molecule has 1 aromatic carbocycles. The summed E-state index contributed by atoms with van der Waals surface area (Å²) < 4.78 is 2.32. The molecule has 110 valence electrons. The van der Waals surface area contributed by atoms with Gasteiger partial charge < -0.3 is 5.32 Å². The number of aromatic nitrogens is 1. The van der Waals surface area contributed by atoms with E-state index in [2.05, 4.69) is 65.2 Å². The van der Waals surface area contributed by atoms with Crippen LogP contribution in [0.5, 0.6) is 0 Å². The highest BCUT2D eigenvalue weighted by atomic mass is 79.9. The topological polar surface area (TPSA) is 24.9 Å². The van der Waals surface area contributed by atoms with Gasteiger partial charge in [0.2, 0.25) is 0 Å². The summed E-state index contributed by atoms with van der Waals surface area (Å²) in [6.45, 7) is 7.90. The lowest BCUT2D eigenvalue weighted by atomic mass is 9.87. The summed E-state index contributed by atoms with van der Waals surface area (Å²) >= 11 is 5.22. The molecule has 0 bridgehead atoms. The van der Waals surface area contributed by atoms with Gasteiger partial charge in [0.05, 0.1) is 10.2 Å². The molecule has 0 atom stereocenters. The summed E-state index contributed by atoms with van der Waals surface area (Å²) in [6, 6.07) is 6.26. The summed E-state index contributed by atoms with van der Waals surface area (Å²) in [4.78, 5) is 4.65. The fraction of sp³-hybridized carbons (Fsp3) is 0.562. The van der Waals surface area contributed by atoms with Gasteiger partial charge in [-0.05, 0) is 30.0 Å². The minimum atomic E-state index is 0.327. The van der Waals surface area contributed by atoms with Crippen molar-refractivity contribution < 1.29 is 0 Å². The Morgan fingerprint density at radius 2 is 2.10 bits per heavy atom. The van der Waals surface area contributed by atoms with Crippen molar-refractivity contribution in [2.45, 2.75) is 46.5 Å². The van der Waals surface area contributed by atoms with E-state index in [0.29, 0.717) is 5.41 Å². The second kappa shape index (κ2) is 6.90. The van der Waals surface area contributed by atoms with E-state index in [1.54, 1.807) is 11.3 Å². The number of fused-ring (bicyclic) bond motifs is 1. The average Bonchev–Trinajstić information content (AvgIpc) is 2.79. The zero-order valence-corrected chi connectivity index (χ0v) is 14.9. The molecule has 0 unspecified atom stereocenters. The van der Waals surface area contributed by atoms with Crippen LogP contribution in [-0.4, -0.2) is 11.5 Å². The zero-order chi connectivity index (χ0) is 14.6. The van der Waals surface area contributed by atoms with Gasteiger partial charge >= 0.3 is 0 Å². The minimum absolute atomic E-state index is 0.327. The molecule has 2 nitrogen and oxygen atoms in total. The Labute approximate surface area is 134 Å². The van der Waals surface area contributed by atoms with Crippen molar-refractivity contribution in [2.24, 2.45) is 5.41 Å². The lowest BCUT2D eigenvalue weighted by Gasteiger charge is -2.24. The molecule has 0 amide bonds. The van der Waals surface area contributed by atoms with E-state index in [9.17, 15) is 0 Å². The second-order valence-electron chi connectivity index (χ2n) is 6.11. The predicted molar refractivity (Wildman–Crippen MR) is 93.7 cm³/mol. The number of halogens is 1. The first-order valence-electron chi connectivity index (χ1n) is 7.30. The van der Waals surface area contributed by atoms with Crippen LogP contribution in [0, 0.1) is 5.41 Å². The van der Waals surface area contributed by atoms with Crippen LogP contribution < -0.4 is 5.32 Å². The lowest BCUT2D eigenvalue weighted by molar-refractivity contribution is 0.342. The molecule has 0 aliphatic heterocycles. The molecule has 0 aliphatic rings. The molecule has 1 N–H and O–H groups in total. The first kappa shape index (κ1) is 15.8. The van der Waals surface area contributed by atoms with Crippen LogP contribution in [0.2, 0.25) is 0 Å². The van der Waals surface area contributed by atoms with Crippen molar-refractivity contribution in [3.05, 3.63) is 22.7 Å². The molecule has 0 radical (unpaired) electrons. The van der Waals surface area contributed by atoms with Gasteiger partial charge in [-0.25, -0.2) is 4.98 Å². The van der Waals surface area contributed by atoms with Gasteiger partial charge in [-0.3, -0.25) is 0 Å². The molecular formula is C16H23BrN2S. The van der Waals surface area contributed by atoms with E-state index in [4.69, 9.17) is 0 Å². The van der Waals surface area contributed by atoms with Crippen LogP contribution in [0.15, 0.2) is 22.7 Å². The first-order chi connectivity index (χ1) is 9.50.